The Bertz CT molecular complexity index is 1280. The molecule has 4 rings (SSSR count). The molecule has 7 nitrogen and oxygen atoms in total. The van der Waals surface area contributed by atoms with Crippen molar-refractivity contribution < 1.29 is 26.7 Å². The van der Waals surface area contributed by atoms with Gasteiger partial charge in [-0.2, -0.15) is 0 Å². The van der Waals surface area contributed by atoms with Crippen LogP contribution in [0.15, 0.2) is 46.2 Å². The summed E-state index contributed by atoms with van der Waals surface area (Å²) in [5, 5.41) is 3.47. The Morgan fingerprint density at radius 3 is 2.29 bits per heavy atom. The summed E-state index contributed by atoms with van der Waals surface area (Å²) < 4.78 is 60.8. The van der Waals surface area contributed by atoms with E-state index in [1.54, 1.807) is 12.1 Å². The van der Waals surface area contributed by atoms with Gasteiger partial charge in [0.15, 0.2) is 0 Å². The zero-order valence-corrected chi connectivity index (χ0v) is 26.0. The van der Waals surface area contributed by atoms with Crippen molar-refractivity contribution in [3.63, 3.8) is 0 Å². The number of nitrogens with zero attached hydrogens (tertiary/aromatic N) is 1. The van der Waals surface area contributed by atoms with Crippen molar-refractivity contribution in [1.82, 2.24) is 9.62 Å². The number of likely N-dealkylation sites (tertiary alicyclic amines) is 1. The predicted molar refractivity (Wildman–Crippen MR) is 160 cm³/mol. The second-order valence-electron chi connectivity index (χ2n) is 10.6. The van der Waals surface area contributed by atoms with Crippen molar-refractivity contribution in [2.24, 2.45) is 0 Å². The fraction of sp³-hybridized carbons (Fsp3) is 0.536. The first-order valence-electron chi connectivity index (χ1n) is 13.6. The molecule has 1 saturated carbocycles. The summed E-state index contributed by atoms with van der Waals surface area (Å²) in [6, 6.07) is 8.51. The third-order valence-electron chi connectivity index (χ3n) is 7.59. The maximum atomic E-state index is 13.3. The van der Waals surface area contributed by atoms with Crippen LogP contribution < -0.4 is 10.0 Å². The van der Waals surface area contributed by atoms with Crippen molar-refractivity contribution in [3.8, 4) is 0 Å². The fourth-order valence-corrected chi connectivity index (χ4v) is 7.89. The SMILES string of the molecule is COC1(C(=O)NS(=O)(=O)c2cc(Cl)c(N[C@H](CCN3CC(F)C3)CSc3ccc(F)cc3)c(Cl)c2)CCCCCC1. The highest BCUT2D eigenvalue weighted by atomic mass is 35.5. The first-order chi connectivity index (χ1) is 19.5. The Kier molecular flexibility index (Phi) is 11.2. The van der Waals surface area contributed by atoms with Crippen molar-refractivity contribution in [1.29, 1.82) is 0 Å². The molecule has 1 amide bonds. The number of benzene rings is 2. The van der Waals surface area contributed by atoms with Gasteiger partial charge in [0.2, 0.25) is 0 Å². The van der Waals surface area contributed by atoms with Crippen LogP contribution in [0.3, 0.4) is 0 Å². The molecule has 2 N–H and O–H groups in total. The van der Waals surface area contributed by atoms with Gasteiger partial charge in [0.1, 0.15) is 17.6 Å². The summed E-state index contributed by atoms with van der Waals surface area (Å²) in [5.74, 6) is -0.449. The van der Waals surface area contributed by atoms with Crippen molar-refractivity contribution in [2.75, 3.05) is 37.8 Å². The van der Waals surface area contributed by atoms with E-state index in [0.717, 1.165) is 30.6 Å². The van der Waals surface area contributed by atoms with Gasteiger partial charge < -0.3 is 10.1 Å². The van der Waals surface area contributed by atoms with E-state index in [1.165, 1.54) is 43.1 Å². The predicted octanol–water partition coefficient (Wildman–Crippen LogP) is 6.29. The van der Waals surface area contributed by atoms with Crippen molar-refractivity contribution in [2.45, 2.75) is 72.6 Å². The van der Waals surface area contributed by atoms with Crippen LogP contribution >= 0.6 is 35.0 Å². The number of anilines is 1. The highest BCUT2D eigenvalue weighted by Crippen LogP contribution is 2.36. The van der Waals surface area contributed by atoms with Crippen molar-refractivity contribution >= 4 is 56.6 Å². The molecule has 1 atom stereocenters. The molecule has 2 fully saturated rings. The van der Waals surface area contributed by atoms with Gasteiger partial charge in [0, 0.05) is 43.4 Å². The quantitative estimate of drug-likeness (QED) is 0.206. The number of rotatable bonds is 12. The standard InChI is InChI=1S/C28H35Cl2F2N3O4S2/c1-39-28(11-4-2-3-5-12-28)27(36)34-41(37,38)23-14-24(29)26(25(30)15-23)33-21(10-13-35-16-20(32)17-35)18-40-22-8-6-19(31)7-9-22/h6-9,14-15,20-21,33H,2-5,10-13,16-18H2,1H3,(H,34,36)/t21-/m1/s1. The van der Waals surface area contributed by atoms with Crippen LogP contribution in [-0.2, 0) is 19.6 Å². The smallest absolute Gasteiger partial charge is 0.265 e. The van der Waals surface area contributed by atoms with Crippen LogP contribution in [0, 0.1) is 5.82 Å². The van der Waals surface area contributed by atoms with E-state index in [1.807, 2.05) is 4.90 Å². The fourth-order valence-electron chi connectivity index (χ4n) is 5.10. The molecule has 0 aromatic heterocycles. The molecule has 0 unspecified atom stereocenters. The van der Waals surface area contributed by atoms with Crippen LogP contribution in [0.5, 0.6) is 0 Å². The number of sulfonamides is 1. The molecule has 0 bridgehead atoms. The van der Waals surface area contributed by atoms with E-state index in [-0.39, 0.29) is 26.8 Å². The Morgan fingerprint density at radius 1 is 1.12 bits per heavy atom. The van der Waals surface area contributed by atoms with Gasteiger partial charge in [-0.3, -0.25) is 9.69 Å². The second-order valence-corrected chi connectivity index (χ2v) is 14.2. The van der Waals surface area contributed by atoms with Gasteiger partial charge in [-0.05, 0) is 55.7 Å². The average molecular weight is 651 g/mol. The summed E-state index contributed by atoms with van der Waals surface area (Å²) in [5.41, 5.74) is -0.848. The van der Waals surface area contributed by atoms with Crippen molar-refractivity contribution in [3.05, 3.63) is 52.3 Å². The van der Waals surface area contributed by atoms with E-state index < -0.39 is 27.7 Å². The van der Waals surface area contributed by atoms with E-state index >= 15 is 0 Å². The highest BCUT2D eigenvalue weighted by molar-refractivity contribution is 7.99. The molecule has 41 heavy (non-hydrogen) atoms. The van der Waals surface area contributed by atoms with Crippen LogP contribution in [-0.4, -0.2) is 69.5 Å². The number of hydrogen-bond donors (Lipinski definition) is 2. The number of carbonyl (C=O) groups excluding carboxylic acids is 1. The van der Waals surface area contributed by atoms with Crippen LogP contribution in [0.2, 0.25) is 10.0 Å². The number of nitrogens with one attached hydrogen (secondary N) is 2. The van der Waals surface area contributed by atoms with E-state index in [4.69, 9.17) is 27.9 Å². The highest BCUT2D eigenvalue weighted by Gasteiger charge is 2.41. The molecule has 2 aliphatic rings. The first kappa shape index (κ1) is 32.3. The molecule has 0 radical (unpaired) electrons. The van der Waals surface area contributed by atoms with E-state index in [9.17, 15) is 22.0 Å². The van der Waals surface area contributed by atoms with Gasteiger partial charge in [-0.15, -0.1) is 11.8 Å². The van der Waals surface area contributed by atoms with Gasteiger partial charge >= 0.3 is 0 Å². The summed E-state index contributed by atoms with van der Waals surface area (Å²) in [4.78, 5) is 15.8. The maximum absolute atomic E-state index is 13.3. The summed E-state index contributed by atoms with van der Waals surface area (Å²) >= 11 is 14.6. The molecule has 2 aromatic rings. The molecule has 13 heteroatoms. The van der Waals surface area contributed by atoms with Gasteiger partial charge in [0.05, 0.1) is 20.6 Å². The number of hydrogen-bond acceptors (Lipinski definition) is 7. The average Bonchev–Trinajstić information content (AvgIpc) is 3.18. The monoisotopic (exact) mass is 649 g/mol. The Morgan fingerprint density at radius 2 is 1.73 bits per heavy atom. The Hall–Kier alpha value is -1.63. The molecule has 1 aliphatic heterocycles. The molecule has 1 heterocycles. The zero-order chi connectivity index (χ0) is 29.6. The lowest BCUT2D eigenvalue weighted by atomic mass is 9.93. The van der Waals surface area contributed by atoms with E-state index in [0.29, 0.717) is 50.3 Å². The van der Waals surface area contributed by atoms with Crippen LogP contribution in [0.25, 0.3) is 0 Å². The normalized spacial score (nSPS) is 18.8. The third-order valence-corrected chi connectivity index (χ3v) is 10.7. The van der Waals surface area contributed by atoms with Gasteiger partial charge in [-0.1, -0.05) is 48.9 Å². The summed E-state index contributed by atoms with van der Waals surface area (Å²) in [6.07, 6.45) is 4.17. The minimum atomic E-state index is -4.28. The minimum Gasteiger partial charge on any atom is -0.379 e. The molecule has 0 spiro atoms. The largest absolute Gasteiger partial charge is 0.379 e. The maximum Gasteiger partial charge on any atom is 0.265 e. The minimum absolute atomic E-state index is 0.0748. The topological polar surface area (TPSA) is 87.7 Å². The lowest BCUT2D eigenvalue weighted by Crippen LogP contribution is -2.49. The van der Waals surface area contributed by atoms with Crippen LogP contribution in [0.1, 0.15) is 44.9 Å². The summed E-state index contributed by atoms with van der Waals surface area (Å²) in [6.45, 7) is 1.43. The zero-order valence-electron chi connectivity index (χ0n) is 22.8. The Labute approximate surface area is 254 Å². The van der Waals surface area contributed by atoms with E-state index in [2.05, 4.69) is 10.0 Å². The molecule has 226 valence electrons. The lowest BCUT2D eigenvalue weighted by molar-refractivity contribution is -0.143. The number of thioether (sulfide) groups is 1. The van der Waals surface area contributed by atoms with Crippen LogP contribution in [0.4, 0.5) is 14.5 Å². The molecule has 2 aromatic carbocycles. The molecular formula is C28H35Cl2F2N3O4S2. The number of alkyl halides is 1. The lowest BCUT2D eigenvalue weighted by Gasteiger charge is -2.35. The second kappa shape index (κ2) is 14.2. The number of halogens is 4. The summed E-state index contributed by atoms with van der Waals surface area (Å²) in [7, 11) is -2.86. The number of methoxy groups -OCH3 is 1. The third kappa shape index (κ3) is 8.48. The number of ether oxygens (including phenoxy) is 1. The number of amides is 1. The molecule has 1 saturated heterocycles. The van der Waals surface area contributed by atoms with Gasteiger partial charge in [-0.25, -0.2) is 21.9 Å². The van der Waals surface area contributed by atoms with Gasteiger partial charge in [0.25, 0.3) is 15.9 Å². The Balaban J connectivity index is 1.48. The molecular weight excluding hydrogens is 615 g/mol. The number of carbonyl (C=O) groups is 1. The first-order valence-corrected chi connectivity index (χ1v) is 16.9. The molecule has 1 aliphatic carbocycles.